The highest BCUT2D eigenvalue weighted by Gasteiger charge is 2.19. The standard InChI is InChI=1S/C15H16ClFN4O2/c1-15(2,3)21-8-9(7-18-21)19-13(22)14(23)20-11-6-4-5-10(16)12(11)17/h4-8H,1-3H3,(H,19,22)(H,20,23). The lowest BCUT2D eigenvalue weighted by atomic mass is 10.1. The maximum Gasteiger partial charge on any atom is 0.314 e. The zero-order valence-electron chi connectivity index (χ0n) is 12.9. The van der Waals surface area contributed by atoms with E-state index in [1.165, 1.54) is 24.4 Å². The van der Waals surface area contributed by atoms with Gasteiger partial charge in [0, 0.05) is 6.20 Å². The van der Waals surface area contributed by atoms with Gasteiger partial charge >= 0.3 is 11.8 Å². The fourth-order valence-electron chi connectivity index (χ4n) is 1.72. The van der Waals surface area contributed by atoms with Gasteiger partial charge in [0.05, 0.1) is 28.1 Å². The van der Waals surface area contributed by atoms with Gasteiger partial charge in [-0.25, -0.2) is 4.39 Å². The number of hydrogen-bond donors (Lipinski definition) is 2. The highest BCUT2D eigenvalue weighted by molar-refractivity contribution is 6.43. The summed E-state index contributed by atoms with van der Waals surface area (Å²) in [5.41, 5.74) is -0.0514. The molecule has 0 unspecified atom stereocenters. The van der Waals surface area contributed by atoms with Crippen LogP contribution in [0.15, 0.2) is 30.6 Å². The molecule has 8 heteroatoms. The Morgan fingerprint density at radius 3 is 2.48 bits per heavy atom. The Hall–Kier alpha value is -2.41. The molecule has 122 valence electrons. The summed E-state index contributed by atoms with van der Waals surface area (Å²) in [6.45, 7) is 5.83. The second-order valence-corrected chi connectivity index (χ2v) is 6.26. The molecule has 0 aliphatic heterocycles. The molecule has 23 heavy (non-hydrogen) atoms. The summed E-state index contributed by atoms with van der Waals surface area (Å²) in [5.74, 6) is -2.73. The Bertz CT molecular complexity index is 752. The SMILES string of the molecule is CC(C)(C)n1cc(NC(=O)C(=O)Nc2cccc(Cl)c2F)cn1. The molecule has 2 amide bonds. The molecule has 0 radical (unpaired) electrons. The lowest BCUT2D eigenvalue weighted by Gasteiger charge is -2.18. The van der Waals surface area contributed by atoms with Crippen molar-refractivity contribution in [2.45, 2.75) is 26.3 Å². The minimum atomic E-state index is -1.00. The summed E-state index contributed by atoms with van der Waals surface area (Å²) in [4.78, 5) is 23.7. The van der Waals surface area contributed by atoms with Gasteiger partial charge in [0.15, 0.2) is 5.82 Å². The van der Waals surface area contributed by atoms with Crippen molar-refractivity contribution in [2.75, 3.05) is 10.6 Å². The van der Waals surface area contributed by atoms with Gasteiger partial charge in [-0.2, -0.15) is 5.10 Å². The first kappa shape index (κ1) is 17.0. The number of nitrogens with zero attached hydrogens (tertiary/aromatic N) is 2. The molecule has 1 aromatic heterocycles. The van der Waals surface area contributed by atoms with E-state index in [2.05, 4.69) is 15.7 Å². The molecule has 2 N–H and O–H groups in total. The summed E-state index contributed by atoms with van der Waals surface area (Å²) < 4.78 is 15.3. The first-order valence-electron chi connectivity index (χ1n) is 6.80. The molecule has 0 atom stereocenters. The molecule has 0 fully saturated rings. The van der Waals surface area contributed by atoms with Gasteiger partial charge in [0.25, 0.3) is 0 Å². The van der Waals surface area contributed by atoms with Gasteiger partial charge < -0.3 is 10.6 Å². The largest absolute Gasteiger partial charge is 0.315 e. The third kappa shape index (κ3) is 4.07. The number of halogens is 2. The van der Waals surface area contributed by atoms with Crippen molar-refractivity contribution in [3.8, 4) is 0 Å². The Morgan fingerprint density at radius 1 is 1.22 bits per heavy atom. The molecule has 2 rings (SSSR count). The first-order valence-corrected chi connectivity index (χ1v) is 7.18. The van der Waals surface area contributed by atoms with Gasteiger partial charge in [0.2, 0.25) is 0 Å². The van der Waals surface area contributed by atoms with Crippen molar-refractivity contribution >= 4 is 34.8 Å². The number of aromatic nitrogens is 2. The van der Waals surface area contributed by atoms with Crippen LogP contribution in [0.4, 0.5) is 15.8 Å². The van der Waals surface area contributed by atoms with E-state index in [4.69, 9.17) is 11.6 Å². The second-order valence-electron chi connectivity index (χ2n) is 5.85. The monoisotopic (exact) mass is 338 g/mol. The van der Waals surface area contributed by atoms with E-state index >= 15 is 0 Å². The molecule has 0 saturated carbocycles. The van der Waals surface area contributed by atoms with Crippen molar-refractivity contribution in [1.82, 2.24) is 9.78 Å². The van der Waals surface area contributed by atoms with Crippen LogP contribution in [0.2, 0.25) is 5.02 Å². The average molecular weight is 339 g/mol. The number of carbonyl (C=O) groups excluding carboxylic acids is 2. The summed E-state index contributed by atoms with van der Waals surface area (Å²) in [5, 5.41) is 8.53. The quantitative estimate of drug-likeness (QED) is 0.826. The topological polar surface area (TPSA) is 76.0 Å². The molecule has 0 saturated heterocycles. The van der Waals surface area contributed by atoms with Gasteiger partial charge in [-0.1, -0.05) is 17.7 Å². The van der Waals surface area contributed by atoms with Gasteiger partial charge in [-0.15, -0.1) is 0 Å². The van der Waals surface area contributed by atoms with Crippen LogP contribution in [-0.4, -0.2) is 21.6 Å². The van der Waals surface area contributed by atoms with Gasteiger partial charge in [0.1, 0.15) is 0 Å². The lowest BCUT2D eigenvalue weighted by molar-refractivity contribution is -0.133. The van der Waals surface area contributed by atoms with Crippen LogP contribution in [-0.2, 0) is 15.1 Å². The number of amides is 2. The number of rotatable bonds is 2. The van der Waals surface area contributed by atoms with Crippen LogP contribution >= 0.6 is 11.6 Å². The van der Waals surface area contributed by atoms with Crippen LogP contribution in [0, 0.1) is 5.82 Å². The van der Waals surface area contributed by atoms with Crippen LogP contribution in [0.3, 0.4) is 0 Å². The van der Waals surface area contributed by atoms with Crippen molar-refractivity contribution in [3.63, 3.8) is 0 Å². The molecule has 1 aromatic carbocycles. The minimum absolute atomic E-state index is 0.144. The number of carbonyl (C=O) groups is 2. The predicted octanol–water partition coefficient (Wildman–Crippen LogP) is 3.01. The first-order chi connectivity index (χ1) is 10.7. The van der Waals surface area contributed by atoms with Gasteiger partial charge in [-0.3, -0.25) is 14.3 Å². The molecule has 0 aliphatic rings. The summed E-state index contributed by atoms with van der Waals surface area (Å²) in [6, 6.07) is 4.11. The number of benzene rings is 1. The minimum Gasteiger partial charge on any atom is -0.315 e. The van der Waals surface area contributed by atoms with E-state index in [1.54, 1.807) is 10.9 Å². The third-order valence-corrected chi connectivity index (χ3v) is 3.23. The zero-order chi connectivity index (χ0) is 17.2. The van der Waals surface area contributed by atoms with Crippen LogP contribution in [0.25, 0.3) is 0 Å². The molecular formula is C15H16ClFN4O2. The summed E-state index contributed by atoms with van der Waals surface area (Å²) in [7, 11) is 0. The van der Waals surface area contributed by atoms with Crippen molar-refractivity contribution in [1.29, 1.82) is 0 Å². The molecule has 6 nitrogen and oxygen atoms in total. The molecule has 2 aromatic rings. The average Bonchev–Trinajstić information content (AvgIpc) is 2.92. The van der Waals surface area contributed by atoms with E-state index in [0.29, 0.717) is 5.69 Å². The Kier molecular flexibility index (Phi) is 4.70. The zero-order valence-corrected chi connectivity index (χ0v) is 13.6. The predicted molar refractivity (Wildman–Crippen MR) is 85.9 cm³/mol. The van der Waals surface area contributed by atoms with Gasteiger partial charge in [-0.05, 0) is 32.9 Å². The van der Waals surface area contributed by atoms with E-state index in [1.807, 2.05) is 20.8 Å². The number of nitrogens with one attached hydrogen (secondary N) is 2. The van der Waals surface area contributed by atoms with Crippen molar-refractivity contribution < 1.29 is 14.0 Å². The highest BCUT2D eigenvalue weighted by Crippen LogP contribution is 2.22. The number of anilines is 2. The fourth-order valence-corrected chi connectivity index (χ4v) is 1.90. The fraction of sp³-hybridized carbons (Fsp3) is 0.267. The third-order valence-electron chi connectivity index (χ3n) is 2.93. The molecule has 0 spiro atoms. The van der Waals surface area contributed by atoms with E-state index < -0.39 is 17.6 Å². The summed E-state index contributed by atoms with van der Waals surface area (Å²) in [6.07, 6.45) is 3.03. The summed E-state index contributed by atoms with van der Waals surface area (Å²) >= 11 is 5.61. The van der Waals surface area contributed by atoms with Crippen molar-refractivity contribution in [2.24, 2.45) is 0 Å². The molecular weight excluding hydrogens is 323 g/mol. The maximum atomic E-state index is 13.7. The van der Waals surface area contributed by atoms with Crippen molar-refractivity contribution in [3.05, 3.63) is 41.4 Å². The lowest BCUT2D eigenvalue weighted by Crippen LogP contribution is -2.29. The second kappa shape index (κ2) is 6.37. The van der Waals surface area contributed by atoms with E-state index in [-0.39, 0.29) is 16.2 Å². The molecule has 0 aliphatic carbocycles. The number of hydrogen-bond acceptors (Lipinski definition) is 3. The normalized spacial score (nSPS) is 11.2. The van der Waals surface area contributed by atoms with Crippen LogP contribution < -0.4 is 10.6 Å². The Morgan fingerprint density at radius 2 is 1.87 bits per heavy atom. The van der Waals surface area contributed by atoms with E-state index in [9.17, 15) is 14.0 Å². The van der Waals surface area contributed by atoms with E-state index in [0.717, 1.165) is 0 Å². The molecule has 0 bridgehead atoms. The molecule has 1 heterocycles. The smallest absolute Gasteiger partial charge is 0.314 e. The maximum absolute atomic E-state index is 13.7. The Labute approximate surface area is 137 Å². The van der Waals surface area contributed by atoms with Crippen LogP contribution in [0.1, 0.15) is 20.8 Å². The Balaban J connectivity index is 2.04. The van der Waals surface area contributed by atoms with Crippen LogP contribution in [0.5, 0.6) is 0 Å². The highest BCUT2D eigenvalue weighted by atomic mass is 35.5.